The van der Waals surface area contributed by atoms with Crippen LogP contribution in [0.2, 0.25) is 5.02 Å². The van der Waals surface area contributed by atoms with Gasteiger partial charge in [-0.3, -0.25) is 0 Å². The molecule has 0 aliphatic rings. The predicted molar refractivity (Wildman–Crippen MR) is 64.8 cm³/mol. The fraction of sp³-hybridized carbons (Fsp3) is 0.364. The molecule has 0 fully saturated rings. The van der Waals surface area contributed by atoms with E-state index in [9.17, 15) is 0 Å². The lowest BCUT2D eigenvalue weighted by atomic mass is 10.0. The van der Waals surface area contributed by atoms with Crippen LogP contribution in [0.5, 0.6) is 5.88 Å². The number of ether oxygens (including phenoxy) is 1. The van der Waals surface area contributed by atoms with Crippen molar-refractivity contribution in [3.63, 3.8) is 0 Å². The van der Waals surface area contributed by atoms with Crippen LogP contribution in [0.15, 0.2) is 18.5 Å². The zero-order valence-electron chi connectivity index (χ0n) is 9.88. The second kappa shape index (κ2) is 4.71. The molecule has 0 spiro atoms. The van der Waals surface area contributed by atoms with Gasteiger partial charge in [-0.1, -0.05) is 25.4 Å². The van der Waals surface area contributed by atoms with Crippen LogP contribution in [-0.4, -0.2) is 27.1 Å². The zero-order valence-corrected chi connectivity index (χ0v) is 10.6. The standard InChI is InChI=1S/C11H13ClN4O/c1-7(2)8-6-9(12)11(17-3)15-10(8)16-13-4-5-14-16/h4-7H,1-3H3. The molecule has 17 heavy (non-hydrogen) atoms. The molecule has 0 amide bonds. The van der Waals surface area contributed by atoms with Crippen molar-refractivity contribution in [3.8, 4) is 11.7 Å². The topological polar surface area (TPSA) is 52.8 Å². The maximum Gasteiger partial charge on any atom is 0.234 e. The highest BCUT2D eigenvalue weighted by Crippen LogP contribution is 2.29. The van der Waals surface area contributed by atoms with Crippen LogP contribution in [0.25, 0.3) is 5.82 Å². The number of nitrogens with zero attached hydrogens (tertiary/aromatic N) is 4. The molecule has 90 valence electrons. The van der Waals surface area contributed by atoms with Gasteiger partial charge in [0, 0.05) is 5.56 Å². The van der Waals surface area contributed by atoms with E-state index in [2.05, 4.69) is 29.0 Å². The van der Waals surface area contributed by atoms with Crippen molar-refractivity contribution in [1.29, 1.82) is 0 Å². The Bertz CT molecular complexity index is 510. The summed E-state index contributed by atoms with van der Waals surface area (Å²) in [6.07, 6.45) is 3.21. The minimum atomic E-state index is 0.270. The monoisotopic (exact) mass is 252 g/mol. The summed E-state index contributed by atoms with van der Waals surface area (Å²) in [4.78, 5) is 5.80. The number of aromatic nitrogens is 4. The first kappa shape index (κ1) is 11.9. The van der Waals surface area contributed by atoms with E-state index >= 15 is 0 Å². The molecule has 0 saturated carbocycles. The summed E-state index contributed by atoms with van der Waals surface area (Å²) in [5.41, 5.74) is 0.979. The summed E-state index contributed by atoms with van der Waals surface area (Å²) in [6, 6.07) is 1.84. The molecule has 2 aromatic rings. The van der Waals surface area contributed by atoms with Crippen molar-refractivity contribution < 1.29 is 4.74 Å². The second-order valence-electron chi connectivity index (χ2n) is 3.87. The lowest BCUT2D eigenvalue weighted by molar-refractivity contribution is 0.396. The molecule has 2 aromatic heterocycles. The molecule has 0 aromatic carbocycles. The fourth-order valence-corrected chi connectivity index (χ4v) is 1.77. The first-order valence-electron chi connectivity index (χ1n) is 5.24. The molecule has 2 rings (SSSR count). The highest BCUT2D eigenvalue weighted by atomic mass is 35.5. The molecule has 0 atom stereocenters. The number of pyridine rings is 1. The Morgan fingerprint density at radius 3 is 2.47 bits per heavy atom. The Kier molecular flexibility index (Phi) is 3.28. The van der Waals surface area contributed by atoms with Crippen LogP contribution >= 0.6 is 11.6 Å². The zero-order chi connectivity index (χ0) is 12.4. The van der Waals surface area contributed by atoms with Crippen LogP contribution in [0.1, 0.15) is 25.3 Å². The van der Waals surface area contributed by atoms with Gasteiger partial charge in [-0.25, -0.2) is 0 Å². The summed E-state index contributed by atoms with van der Waals surface area (Å²) < 4.78 is 5.11. The number of rotatable bonds is 3. The number of halogens is 1. The van der Waals surface area contributed by atoms with Crippen molar-refractivity contribution in [2.45, 2.75) is 19.8 Å². The molecule has 6 heteroatoms. The van der Waals surface area contributed by atoms with Gasteiger partial charge in [0.1, 0.15) is 5.02 Å². The maximum atomic E-state index is 6.07. The van der Waals surface area contributed by atoms with Crippen molar-refractivity contribution >= 4 is 11.6 Å². The molecule has 0 unspecified atom stereocenters. The van der Waals surface area contributed by atoms with E-state index in [0.29, 0.717) is 16.7 Å². The Balaban J connectivity index is 2.62. The second-order valence-corrected chi connectivity index (χ2v) is 4.27. The normalized spacial score (nSPS) is 10.9. The van der Waals surface area contributed by atoms with E-state index in [0.717, 1.165) is 5.56 Å². The van der Waals surface area contributed by atoms with Gasteiger partial charge >= 0.3 is 0 Å². The SMILES string of the molecule is COc1nc(-n2nccn2)c(C(C)C)cc1Cl. The third kappa shape index (κ3) is 2.24. The number of methoxy groups -OCH3 is 1. The minimum absolute atomic E-state index is 0.270. The van der Waals surface area contributed by atoms with E-state index in [4.69, 9.17) is 16.3 Å². The minimum Gasteiger partial charge on any atom is -0.480 e. The summed E-state index contributed by atoms with van der Waals surface area (Å²) in [6.45, 7) is 4.12. The molecule has 0 aliphatic carbocycles. The van der Waals surface area contributed by atoms with Gasteiger partial charge < -0.3 is 4.74 Å². The summed E-state index contributed by atoms with van der Waals surface area (Å²) in [7, 11) is 1.53. The molecule has 5 nitrogen and oxygen atoms in total. The number of hydrogen-bond acceptors (Lipinski definition) is 4. The molecule has 0 radical (unpaired) electrons. The van der Waals surface area contributed by atoms with Crippen molar-refractivity contribution in [2.24, 2.45) is 0 Å². The lowest BCUT2D eigenvalue weighted by Crippen LogP contribution is -2.08. The van der Waals surface area contributed by atoms with Gasteiger partial charge in [0.05, 0.1) is 19.5 Å². The van der Waals surface area contributed by atoms with E-state index in [-0.39, 0.29) is 5.92 Å². The maximum absolute atomic E-state index is 6.07. The van der Waals surface area contributed by atoms with Gasteiger partial charge in [0.2, 0.25) is 5.88 Å². The molecule has 2 heterocycles. The molecule has 0 bridgehead atoms. The lowest BCUT2D eigenvalue weighted by Gasteiger charge is -2.13. The average molecular weight is 253 g/mol. The summed E-state index contributed by atoms with van der Waals surface area (Å²) in [5, 5.41) is 8.65. The first-order valence-corrected chi connectivity index (χ1v) is 5.62. The third-order valence-electron chi connectivity index (χ3n) is 2.38. The summed E-state index contributed by atoms with van der Waals surface area (Å²) >= 11 is 6.07. The smallest absolute Gasteiger partial charge is 0.234 e. The molecule has 0 aliphatic heterocycles. The van der Waals surface area contributed by atoms with Gasteiger partial charge in [-0.2, -0.15) is 15.2 Å². The van der Waals surface area contributed by atoms with E-state index in [1.807, 2.05) is 6.07 Å². The summed E-state index contributed by atoms with van der Waals surface area (Å²) in [5.74, 6) is 1.29. The Hall–Kier alpha value is -1.62. The van der Waals surface area contributed by atoms with E-state index in [1.54, 1.807) is 12.4 Å². The van der Waals surface area contributed by atoms with E-state index < -0.39 is 0 Å². The van der Waals surface area contributed by atoms with Gasteiger partial charge in [0.25, 0.3) is 0 Å². The molecular formula is C11H13ClN4O. The van der Waals surface area contributed by atoms with Crippen LogP contribution in [0.3, 0.4) is 0 Å². The largest absolute Gasteiger partial charge is 0.480 e. The van der Waals surface area contributed by atoms with Crippen LogP contribution in [0, 0.1) is 0 Å². The Morgan fingerprint density at radius 1 is 1.29 bits per heavy atom. The van der Waals surface area contributed by atoms with Gasteiger partial charge in [-0.05, 0) is 12.0 Å². The van der Waals surface area contributed by atoms with Crippen LogP contribution in [-0.2, 0) is 0 Å². The number of hydrogen-bond donors (Lipinski definition) is 0. The van der Waals surface area contributed by atoms with Crippen molar-refractivity contribution in [2.75, 3.05) is 7.11 Å². The Labute approximate surface area is 104 Å². The van der Waals surface area contributed by atoms with Gasteiger partial charge in [-0.15, -0.1) is 4.80 Å². The highest BCUT2D eigenvalue weighted by molar-refractivity contribution is 6.31. The molecule has 0 N–H and O–H groups in total. The van der Waals surface area contributed by atoms with Gasteiger partial charge in [0.15, 0.2) is 5.82 Å². The molecule has 0 saturated heterocycles. The quantitative estimate of drug-likeness (QED) is 0.842. The van der Waals surface area contributed by atoms with Crippen molar-refractivity contribution in [3.05, 3.63) is 29.0 Å². The third-order valence-corrected chi connectivity index (χ3v) is 2.65. The Morgan fingerprint density at radius 2 is 1.94 bits per heavy atom. The fourth-order valence-electron chi connectivity index (χ4n) is 1.53. The highest BCUT2D eigenvalue weighted by Gasteiger charge is 2.16. The predicted octanol–water partition coefficient (Wildman–Crippen LogP) is 2.45. The van der Waals surface area contributed by atoms with Crippen molar-refractivity contribution in [1.82, 2.24) is 20.0 Å². The van der Waals surface area contributed by atoms with Crippen LogP contribution < -0.4 is 4.74 Å². The average Bonchev–Trinajstić information content (AvgIpc) is 2.82. The van der Waals surface area contributed by atoms with E-state index in [1.165, 1.54) is 11.9 Å². The molecular weight excluding hydrogens is 240 g/mol. The first-order chi connectivity index (χ1) is 8.13. The van der Waals surface area contributed by atoms with Crippen LogP contribution in [0.4, 0.5) is 0 Å².